The van der Waals surface area contributed by atoms with E-state index in [1.807, 2.05) is 0 Å². The van der Waals surface area contributed by atoms with Gasteiger partial charge in [-0.25, -0.2) is 0 Å². The maximum Gasteiger partial charge on any atom is 0.169 e. The summed E-state index contributed by atoms with van der Waals surface area (Å²) in [6.45, 7) is 7.57. The van der Waals surface area contributed by atoms with Gasteiger partial charge in [0.2, 0.25) is 0 Å². The Hall–Kier alpha value is -0.490. The molecule has 5 nitrogen and oxygen atoms in total. The van der Waals surface area contributed by atoms with Crippen molar-refractivity contribution < 1.29 is 4.79 Å². The van der Waals surface area contributed by atoms with Crippen LogP contribution in [0.5, 0.6) is 0 Å². The van der Waals surface area contributed by atoms with Crippen molar-refractivity contribution in [1.29, 1.82) is 0 Å². The summed E-state index contributed by atoms with van der Waals surface area (Å²) < 4.78 is 0. The quantitative estimate of drug-likeness (QED) is 0.459. The molecule has 0 aromatic rings. The Kier molecular flexibility index (Phi) is 3.91. The van der Waals surface area contributed by atoms with Gasteiger partial charge in [-0.05, 0) is 13.8 Å². The zero-order chi connectivity index (χ0) is 11.5. The fraction of sp³-hybridized carbons (Fsp3) is 0.909. The van der Waals surface area contributed by atoms with Crippen LogP contribution in [0.25, 0.3) is 0 Å². The van der Waals surface area contributed by atoms with Crippen molar-refractivity contribution >= 4 is 5.78 Å². The lowest BCUT2D eigenvalue weighted by Crippen LogP contribution is -2.64. The highest BCUT2D eigenvalue weighted by Gasteiger charge is 2.31. The van der Waals surface area contributed by atoms with E-state index in [4.69, 9.17) is 0 Å². The highest BCUT2D eigenvalue weighted by atomic mass is 16.1. The third kappa shape index (κ3) is 2.79. The predicted molar refractivity (Wildman–Crippen MR) is 63.5 cm³/mol. The first-order valence-electron chi connectivity index (χ1n) is 6.14. The Morgan fingerprint density at radius 3 is 1.69 bits per heavy atom. The molecule has 0 spiro atoms. The van der Waals surface area contributed by atoms with E-state index in [1.165, 1.54) is 0 Å². The van der Waals surface area contributed by atoms with Crippen LogP contribution in [0, 0.1) is 0 Å². The Morgan fingerprint density at radius 1 is 0.875 bits per heavy atom. The number of hydrogen-bond donors (Lipinski definition) is 4. The third-order valence-corrected chi connectivity index (χ3v) is 3.26. The van der Waals surface area contributed by atoms with Gasteiger partial charge in [0.1, 0.15) is 0 Å². The van der Waals surface area contributed by atoms with E-state index >= 15 is 0 Å². The van der Waals surface area contributed by atoms with E-state index in [1.54, 1.807) is 0 Å². The summed E-state index contributed by atoms with van der Waals surface area (Å²) >= 11 is 0. The van der Waals surface area contributed by atoms with Crippen molar-refractivity contribution in [1.82, 2.24) is 21.3 Å². The fourth-order valence-corrected chi connectivity index (χ4v) is 2.42. The number of ketones is 1. The molecule has 0 aromatic heterocycles. The van der Waals surface area contributed by atoms with Gasteiger partial charge in [0.15, 0.2) is 5.78 Å². The van der Waals surface area contributed by atoms with Crippen LogP contribution < -0.4 is 21.3 Å². The zero-order valence-corrected chi connectivity index (χ0v) is 10.0. The van der Waals surface area contributed by atoms with E-state index in [0.29, 0.717) is 12.1 Å². The molecule has 2 heterocycles. The first-order chi connectivity index (χ1) is 7.66. The summed E-state index contributed by atoms with van der Waals surface area (Å²) in [6, 6.07) is 0.648. The maximum atomic E-state index is 12.2. The zero-order valence-electron chi connectivity index (χ0n) is 10.0. The molecule has 2 rings (SSSR count). The third-order valence-electron chi connectivity index (χ3n) is 3.26. The van der Waals surface area contributed by atoms with Gasteiger partial charge in [-0.3, -0.25) is 4.79 Å². The van der Waals surface area contributed by atoms with Crippen LogP contribution in [0.2, 0.25) is 0 Å². The SMILES string of the molecule is CC1CNCC(C(=O)C2CNCC(C)N2)N1. The molecule has 0 saturated carbocycles. The molecule has 2 aliphatic rings. The monoisotopic (exact) mass is 226 g/mol. The molecule has 0 amide bonds. The Bertz CT molecular complexity index is 234. The molecular formula is C11H22N4O. The van der Waals surface area contributed by atoms with Crippen LogP contribution in [-0.4, -0.2) is 56.1 Å². The molecule has 0 bridgehead atoms. The van der Waals surface area contributed by atoms with Gasteiger partial charge in [-0.1, -0.05) is 0 Å². The van der Waals surface area contributed by atoms with E-state index in [9.17, 15) is 4.79 Å². The van der Waals surface area contributed by atoms with Crippen LogP contribution in [0.4, 0.5) is 0 Å². The molecule has 4 atom stereocenters. The Morgan fingerprint density at radius 2 is 1.31 bits per heavy atom. The maximum absolute atomic E-state index is 12.2. The largest absolute Gasteiger partial charge is 0.313 e. The van der Waals surface area contributed by atoms with Gasteiger partial charge in [-0.15, -0.1) is 0 Å². The van der Waals surface area contributed by atoms with E-state index < -0.39 is 0 Å². The number of rotatable bonds is 2. The molecule has 0 aromatic carbocycles. The van der Waals surface area contributed by atoms with Crippen molar-refractivity contribution in [2.45, 2.75) is 38.0 Å². The summed E-state index contributed by atoms with van der Waals surface area (Å²) in [5.41, 5.74) is 0. The molecular weight excluding hydrogens is 204 g/mol. The second-order valence-electron chi connectivity index (χ2n) is 4.96. The van der Waals surface area contributed by atoms with Gasteiger partial charge in [0.05, 0.1) is 12.1 Å². The molecule has 2 aliphatic heterocycles. The minimum atomic E-state index is -0.0478. The van der Waals surface area contributed by atoms with Gasteiger partial charge in [0, 0.05) is 38.3 Å². The topological polar surface area (TPSA) is 65.2 Å². The number of piperazine rings is 2. The lowest BCUT2D eigenvalue weighted by Gasteiger charge is -2.34. The second-order valence-corrected chi connectivity index (χ2v) is 4.96. The molecule has 5 heteroatoms. The number of carbonyl (C=O) groups excluding carboxylic acids is 1. The van der Waals surface area contributed by atoms with Crippen LogP contribution in [0.3, 0.4) is 0 Å². The van der Waals surface area contributed by atoms with Crippen LogP contribution in [0.15, 0.2) is 0 Å². The molecule has 0 aliphatic carbocycles. The standard InChI is InChI=1S/C11H22N4O/c1-7-3-12-5-9(14-7)11(16)10-6-13-4-8(2)15-10/h7-10,12-15H,3-6H2,1-2H3. The van der Waals surface area contributed by atoms with Crippen molar-refractivity contribution in [3.05, 3.63) is 0 Å². The molecule has 92 valence electrons. The number of hydrogen-bond acceptors (Lipinski definition) is 5. The summed E-state index contributed by atoms with van der Waals surface area (Å²) in [5.74, 6) is 0.276. The van der Waals surface area contributed by atoms with Crippen molar-refractivity contribution in [3.63, 3.8) is 0 Å². The second kappa shape index (κ2) is 5.23. The number of carbonyl (C=O) groups is 1. The van der Waals surface area contributed by atoms with Gasteiger partial charge < -0.3 is 21.3 Å². The first kappa shape index (κ1) is 12.0. The molecule has 2 fully saturated rings. The lowest BCUT2D eigenvalue weighted by atomic mass is 9.99. The summed E-state index contributed by atoms with van der Waals surface area (Å²) in [6.07, 6.45) is 0. The number of Topliss-reactive ketones (excluding diaryl/α,β-unsaturated/α-hetero) is 1. The predicted octanol–water partition coefficient (Wildman–Crippen LogP) is -1.54. The van der Waals surface area contributed by atoms with Gasteiger partial charge >= 0.3 is 0 Å². The van der Waals surface area contributed by atoms with E-state index in [2.05, 4.69) is 35.1 Å². The highest BCUT2D eigenvalue weighted by Crippen LogP contribution is 2.02. The van der Waals surface area contributed by atoms with Crippen LogP contribution in [0.1, 0.15) is 13.8 Å². The van der Waals surface area contributed by atoms with Crippen molar-refractivity contribution in [2.75, 3.05) is 26.2 Å². The lowest BCUT2D eigenvalue weighted by molar-refractivity contribution is -0.124. The average Bonchev–Trinajstić information content (AvgIpc) is 2.28. The summed E-state index contributed by atoms with van der Waals surface area (Å²) in [4.78, 5) is 12.2. The van der Waals surface area contributed by atoms with Gasteiger partial charge in [0.25, 0.3) is 0 Å². The molecule has 16 heavy (non-hydrogen) atoms. The molecule has 2 saturated heterocycles. The van der Waals surface area contributed by atoms with Gasteiger partial charge in [-0.2, -0.15) is 0 Å². The molecule has 0 radical (unpaired) electrons. The smallest absolute Gasteiger partial charge is 0.169 e. The Balaban J connectivity index is 1.90. The molecule has 4 N–H and O–H groups in total. The Labute approximate surface area is 96.7 Å². The van der Waals surface area contributed by atoms with Crippen LogP contribution in [-0.2, 0) is 4.79 Å². The minimum absolute atomic E-state index is 0.0478. The summed E-state index contributed by atoms with van der Waals surface area (Å²) in [5, 5.41) is 13.3. The fourth-order valence-electron chi connectivity index (χ4n) is 2.42. The van der Waals surface area contributed by atoms with E-state index in [-0.39, 0.29) is 17.9 Å². The van der Waals surface area contributed by atoms with Crippen LogP contribution >= 0.6 is 0 Å². The van der Waals surface area contributed by atoms with Crippen molar-refractivity contribution in [3.8, 4) is 0 Å². The highest BCUT2D eigenvalue weighted by molar-refractivity contribution is 5.89. The van der Waals surface area contributed by atoms with Crippen molar-refractivity contribution in [2.24, 2.45) is 0 Å². The average molecular weight is 226 g/mol. The first-order valence-corrected chi connectivity index (χ1v) is 6.14. The van der Waals surface area contributed by atoms with E-state index in [0.717, 1.165) is 26.2 Å². The summed E-state index contributed by atoms with van der Waals surface area (Å²) in [7, 11) is 0. The minimum Gasteiger partial charge on any atom is -0.313 e. The molecule has 4 unspecified atom stereocenters. The number of nitrogens with one attached hydrogen (secondary N) is 4. The normalized spacial score (nSPS) is 40.6.